The summed E-state index contributed by atoms with van der Waals surface area (Å²) in [5, 5.41) is 9.96. The Labute approximate surface area is 137 Å². The van der Waals surface area contributed by atoms with E-state index >= 15 is 0 Å². The summed E-state index contributed by atoms with van der Waals surface area (Å²) in [4.78, 5) is 12.5. The van der Waals surface area contributed by atoms with E-state index in [1.165, 1.54) is 23.5 Å². The first-order chi connectivity index (χ1) is 10.6. The number of pyridine rings is 2. The van der Waals surface area contributed by atoms with Gasteiger partial charge in [0.25, 0.3) is 0 Å². The van der Waals surface area contributed by atoms with Crippen molar-refractivity contribution in [2.24, 2.45) is 0 Å². The Hall–Kier alpha value is -2.22. The summed E-state index contributed by atoms with van der Waals surface area (Å²) in [6.45, 7) is 9.13. The van der Waals surface area contributed by atoms with Crippen molar-refractivity contribution in [3.8, 4) is 6.07 Å². The zero-order chi connectivity index (χ0) is 16.1. The average molecular weight is 327 g/mol. The fraction of sp³-hybridized carbons (Fsp3) is 0.200. The van der Waals surface area contributed by atoms with Gasteiger partial charge in [0.2, 0.25) is 5.69 Å². The van der Waals surface area contributed by atoms with E-state index < -0.39 is 0 Å². The van der Waals surface area contributed by atoms with Crippen molar-refractivity contribution < 1.29 is 0 Å². The maximum atomic E-state index is 9.40. The van der Waals surface area contributed by atoms with Gasteiger partial charge in [-0.05, 0) is 24.8 Å². The summed E-state index contributed by atoms with van der Waals surface area (Å²) < 4.78 is 0. The lowest BCUT2D eigenvalue weighted by atomic mass is 10.2. The number of nitrogens with zero attached hydrogens (tertiary/aromatic N) is 4. The highest BCUT2D eigenvalue weighted by Gasteiger charge is 2.18. The predicted octanol–water partition coefficient (Wildman–Crippen LogP) is 3.80. The number of nitrogen functional groups attached to an aromatic ring is 1. The minimum absolute atomic E-state index is 0.169. The van der Waals surface area contributed by atoms with Gasteiger partial charge >= 0.3 is 0 Å². The molecule has 0 aliphatic carbocycles. The molecule has 0 spiro atoms. The number of thioether (sulfide) groups is 2. The summed E-state index contributed by atoms with van der Waals surface area (Å²) in [6.07, 6.45) is 3.63. The second kappa shape index (κ2) is 7.17. The third kappa shape index (κ3) is 3.33. The van der Waals surface area contributed by atoms with E-state index in [1.807, 2.05) is 25.3 Å². The SMILES string of the molecule is [C-]#[N+]c1c(N)nc(SCc2ccc(C)nc2)c(C#N)c1SC. The van der Waals surface area contributed by atoms with Gasteiger partial charge in [-0.25, -0.2) is 9.83 Å². The molecule has 2 heterocycles. The smallest absolute Gasteiger partial charge is 0.242 e. The summed E-state index contributed by atoms with van der Waals surface area (Å²) in [5.74, 6) is 0.808. The number of hydrogen-bond acceptors (Lipinski definition) is 6. The van der Waals surface area contributed by atoms with Crippen molar-refractivity contribution in [1.82, 2.24) is 9.97 Å². The number of aryl methyl sites for hydroxylation is 1. The van der Waals surface area contributed by atoms with Gasteiger partial charge < -0.3 is 5.73 Å². The van der Waals surface area contributed by atoms with Gasteiger partial charge in [0.05, 0.1) is 12.1 Å². The quantitative estimate of drug-likeness (QED) is 0.679. The first kappa shape index (κ1) is 16.2. The van der Waals surface area contributed by atoms with Crippen LogP contribution in [0.25, 0.3) is 4.85 Å². The Morgan fingerprint density at radius 1 is 1.45 bits per heavy atom. The lowest BCUT2D eigenvalue weighted by Crippen LogP contribution is -1.98. The van der Waals surface area contributed by atoms with Gasteiger partial charge in [-0.1, -0.05) is 6.07 Å². The molecule has 0 saturated heterocycles. The standard InChI is InChI=1S/C15H13N5S2/c1-9-4-5-10(7-19-9)8-22-15-11(6-16)13(21-3)12(18-2)14(17)20-15/h4-5,7H,8H2,1,3H3,(H2,17,20). The maximum absolute atomic E-state index is 9.40. The number of hydrogen-bond donors (Lipinski definition) is 1. The molecule has 0 saturated carbocycles. The Morgan fingerprint density at radius 2 is 2.23 bits per heavy atom. The van der Waals surface area contributed by atoms with E-state index in [-0.39, 0.29) is 11.5 Å². The fourth-order valence-corrected chi connectivity index (χ4v) is 3.48. The summed E-state index contributed by atoms with van der Waals surface area (Å²) in [5.41, 5.74) is 8.52. The number of nitriles is 1. The van der Waals surface area contributed by atoms with Crippen LogP contribution in [-0.2, 0) is 5.75 Å². The van der Waals surface area contributed by atoms with Crippen molar-refractivity contribution in [3.05, 3.63) is 46.6 Å². The molecule has 110 valence electrons. The molecule has 2 N–H and O–H groups in total. The Bertz CT molecular complexity index is 772. The highest BCUT2D eigenvalue weighted by molar-refractivity contribution is 7.99. The number of nitrogens with two attached hydrogens (primary N) is 1. The molecule has 2 rings (SSSR count). The van der Waals surface area contributed by atoms with Crippen LogP contribution in [0.2, 0.25) is 0 Å². The Kier molecular flexibility index (Phi) is 5.26. The van der Waals surface area contributed by atoms with Crippen LogP contribution in [0.3, 0.4) is 0 Å². The first-order valence-electron chi connectivity index (χ1n) is 6.30. The topological polar surface area (TPSA) is 79.9 Å². The van der Waals surface area contributed by atoms with Crippen LogP contribution >= 0.6 is 23.5 Å². The van der Waals surface area contributed by atoms with Crippen molar-refractivity contribution in [2.45, 2.75) is 22.6 Å². The van der Waals surface area contributed by atoms with E-state index in [0.29, 0.717) is 21.2 Å². The lowest BCUT2D eigenvalue weighted by molar-refractivity contribution is 1.08. The molecule has 0 amide bonds. The number of aromatic nitrogens is 2. The lowest BCUT2D eigenvalue weighted by Gasteiger charge is -2.10. The zero-order valence-corrected chi connectivity index (χ0v) is 13.8. The molecule has 0 atom stereocenters. The van der Waals surface area contributed by atoms with Crippen molar-refractivity contribution in [1.29, 1.82) is 5.26 Å². The monoisotopic (exact) mass is 327 g/mol. The average Bonchev–Trinajstić information content (AvgIpc) is 2.53. The van der Waals surface area contributed by atoms with Crippen LogP contribution in [0.5, 0.6) is 0 Å². The number of rotatable bonds is 4. The summed E-state index contributed by atoms with van der Waals surface area (Å²) in [6, 6.07) is 6.08. The largest absolute Gasteiger partial charge is 0.392 e. The third-order valence-corrected chi connectivity index (χ3v) is 4.75. The predicted molar refractivity (Wildman–Crippen MR) is 89.9 cm³/mol. The van der Waals surface area contributed by atoms with E-state index in [9.17, 15) is 5.26 Å². The molecule has 5 nitrogen and oxygen atoms in total. The molecule has 7 heteroatoms. The van der Waals surface area contributed by atoms with E-state index in [1.54, 1.807) is 6.20 Å². The van der Waals surface area contributed by atoms with Crippen LogP contribution < -0.4 is 5.73 Å². The fourth-order valence-electron chi connectivity index (χ4n) is 1.80. The van der Waals surface area contributed by atoms with E-state index in [0.717, 1.165) is 11.3 Å². The Balaban J connectivity index is 2.35. The molecule has 0 unspecified atom stereocenters. The van der Waals surface area contributed by atoms with Gasteiger partial charge in [0, 0.05) is 22.5 Å². The molecule has 0 bridgehead atoms. The normalized spacial score (nSPS) is 10.0. The van der Waals surface area contributed by atoms with Gasteiger partial charge in [-0.3, -0.25) is 4.98 Å². The van der Waals surface area contributed by atoms with E-state index in [4.69, 9.17) is 12.3 Å². The molecule has 0 aliphatic heterocycles. The number of anilines is 1. The second-order valence-corrected chi connectivity index (χ2v) is 6.16. The van der Waals surface area contributed by atoms with Gasteiger partial charge in [0.15, 0.2) is 0 Å². The van der Waals surface area contributed by atoms with Crippen LogP contribution in [-0.4, -0.2) is 16.2 Å². The summed E-state index contributed by atoms with van der Waals surface area (Å²) >= 11 is 2.76. The van der Waals surface area contributed by atoms with Gasteiger partial charge in [0.1, 0.15) is 16.9 Å². The molecule has 0 fully saturated rings. The highest BCUT2D eigenvalue weighted by atomic mass is 32.2. The first-order valence-corrected chi connectivity index (χ1v) is 8.51. The minimum Gasteiger partial charge on any atom is -0.392 e. The summed E-state index contributed by atoms with van der Waals surface area (Å²) in [7, 11) is 0. The minimum atomic E-state index is 0.169. The molecule has 2 aromatic rings. The molecule has 22 heavy (non-hydrogen) atoms. The van der Waals surface area contributed by atoms with Gasteiger partial charge in [-0.15, -0.1) is 23.5 Å². The van der Waals surface area contributed by atoms with Crippen molar-refractivity contribution in [2.75, 3.05) is 12.0 Å². The maximum Gasteiger partial charge on any atom is 0.242 e. The molecular formula is C15H13N5S2. The highest BCUT2D eigenvalue weighted by Crippen LogP contribution is 2.40. The second-order valence-electron chi connectivity index (χ2n) is 4.38. The van der Waals surface area contributed by atoms with Crippen LogP contribution in [0, 0.1) is 24.8 Å². The molecular weight excluding hydrogens is 314 g/mol. The van der Waals surface area contributed by atoms with Crippen molar-refractivity contribution >= 4 is 35.0 Å². The third-order valence-electron chi connectivity index (χ3n) is 2.90. The van der Waals surface area contributed by atoms with Crippen LogP contribution in [0.15, 0.2) is 28.3 Å². The van der Waals surface area contributed by atoms with E-state index in [2.05, 4.69) is 20.9 Å². The van der Waals surface area contributed by atoms with Gasteiger partial charge in [-0.2, -0.15) is 5.26 Å². The molecule has 2 aromatic heterocycles. The van der Waals surface area contributed by atoms with Crippen LogP contribution in [0.4, 0.5) is 11.5 Å². The molecule has 0 aromatic carbocycles. The Morgan fingerprint density at radius 3 is 2.77 bits per heavy atom. The van der Waals surface area contributed by atoms with Crippen LogP contribution in [0.1, 0.15) is 16.8 Å². The zero-order valence-electron chi connectivity index (χ0n) is 12.1. The van der Waals surface area contributed by atoms with Crippen molar-refractivity contribution in [3.63, 3.8) is 0 Å². The molecule has 0 radical (unpaired) electrons. The molecule has 0 aliphatic rings.